The summed E-state index contributed by atoms with van der Waals surface area (Å²) in [4.78, 5) is 6.61. The molecule has 0 saturated carbocycles. The summed E-state index contributed by atoms with van der Waals surface area (Å²) in [6.45, 7) is 13.5. The Morgan fingerprint density at radius 1 is 1.12 bits per heavy atom. The van der Waals surface area contributed by atoms with E-state index in [-0.39, 0.29) is 5.41 Å². The molecule has 3 nitrogen and oxygen atoms in total. The van der Waals surface area contributed by atoms with E-state index >= 15 is 0 Å². The lowest BCUT2D eigenvalue weighted by Crippen LogP contribution is -2.14. The Morgan fingerprint density at radius 3 is 2.42 bits per heavy atom. The fraction of sp³-hybridized carbons (Fsp3) is 0.409. The van der Waals surface area contributed by atoms with Crippen LogP contribution in [0.2, 0.25) is 5.02 Å². The second-order valence-electron chi connectivity index (χ2n) is 7.72. The van der Waals surface area contributed by atoms with Crippen LogP contribution >= 0.6 is 11.6 Å². The van der Waals surface area contributed by atoms with Crippen molar-refractivity contribution in [3.63, 3.8) is 0 Å². The molecular formula is C22H29ClN2O. The minimum Gasteiger partial charge on any atom is -0.457 e. The summed E-state index contributed by atoms with van der Waals surface area (Å²) in [6.07, 6.45) is 1.86. The number of nitrogens with zero attached hydrogens (tertiary/aromatic N) is 2. The summed E-state index contributed by atoms with van der Waals surface area (Å²) < 4.78 is 6.16. The van der Waals surface area contributed by atoms with E-state index in [9.17, 15) is 0 Å². The van der Waals surface area contributed by atoms with Gasteiger partial charge in [0.05, 0.1) is 12.0 Å². The van der Waals surface area contributed by atoms with Gasteiger partial charge >= 0.3 is 0 Å². The Balaban J connectivity index is 2.31. The van der Waals surface area contributed by atoms with Crippen LogP contribution in [0.25, 0.3) is 0 Å². The van der Waals surface area contributed by atoms with Crippen molar-refractivity contribution >= 4 is 23.6 Å². The summed E-state index contributed by atoms with van der Waals surface area (Å²) in [5.74, 6) is 1.64. The van der Waals surface area contributed by atoms with E-state index in [1.54, 1.807) is 0 Å². The first kappa shape index (κ1) is 20.3. The lowest BCUT2D eigenvalue weighted by atomic mass is 9.87. The number of aryl methyl sites for hydroxylation is 2. The summed E-state index contributed by atoms with van der Waals surface area (Å²) in [6, 6.07) is 9.94. The van der Waals surface area contributed by atoms with E-state index < -0.39 is 0 Å². The lowest BCUT2D eigenvalue weighted by Gasteiger charge is -2.21. The highest BCUT2D eigenvalue weighted by molar-refractivity contribution is 6.31. The van der Waals surface area contributed by atoms with E-state index in [1.165, 1.54) is 0 Å². The van der Waals surface area contributed by atoms with Gasteiger partial charge in [-0.1, -0.05) is 32.4 Å². The minimum absolute atomic E-state index is 0.0364. The molecule has 0 aliphatic rings. The SMILES string of the molecule is CCN(C)/C=N/c1cc(C)c(Oc2ccc(Cl)c(C(C)(C)C)c2)cc1C. The predicted octanol–water partition coefficient (Wildman–Crippen LogP) is 6.66. The second kappa shape index (κ2) is 8.13. The van der Waals surface area contributed by atoms with Gasteiger partial charge in [0.1, 0.15) is 11.5 Å². The average Bonchev–Trinajstić information content (AvgIpc) is 2.56. The molecule has 4 heteroatoms. The van der Waals surface area contributed by atoms with Gasteiger partial charge in [-0.05, 0) is 73.2 Å². The average molecular weight is 373 g/mol. The largest absolute Gasteiger partial charge is 0.457 e. The fourth-order valence-corrected chi connectivity index (χ4v) is 2.94. The maximum absolute atomic E-state index is 6.36. The van der Waals surface area contributed by atoms with Crippen molar-refractivity contribution in [3.05, 3.63) is 52.0 Å². The standard InChI is InChI=1S/C22H29ClN2O/c1-8-25(7)14-24-20-11-16(3)21(12-15(20)2)26-17-9-10-19(23)18(13-17)22(4,5)6/h9-14H,8H2,1-7H3/b24-14+. The number of hydrogen-bond acceptors (Lipinski definition) is 2. The molecule has 0 aliphatic heterocycles. The first-order valence-corrected chi connectivity index (χ1v) is 9.33. The normalized spacial score (nSPS) is 11.8. The number of aliphatic imine (C=N–C) groups is 1. The quantitative estimate of drug-likeness (QED) is 0.433. The van der Waals surface area contributed by atoms with E-state index in [2.05, 4.69) is 38.8 Å². The highest BCUT2D eigenvalue weighted by Crippen LogP contribution is 2.36. The molecule has 26 heavy (non-hydrogen) atoms. The number of benzene rings is 2. The van der Waals surface area contributed by atoms with Crippen molar-refractivity contribution < 1.29 is 4.74 Å². The predicted molar refractivity (Wildman–Crippen MR) is 113 cm³/mol. The Labute approximate surface area is 162 Å². The maximum atomic E-state index is 6.36. The summed E-state index contributed by atoms with van der Waals surface area (Å²) >= 11 is 6.36. The molecule has 2 rings (SSSR count). The second-order valence-corrected chi connectivity index (χ2v) is 8.12. The molecule has 0 heterocycles. The van der Waals surface area contributed by atoms with Gasteiger partial charge < -0.3 is 9.64 Å². The van der Waals surface area contributed by atoms with Crippen LogP contribution in [-0.4, -0.2) is 24.8 Å². The van der Waals surface area contributed by atoms with Crippen molar-refractivity contribution in [2.24, 2.45) is 4.99 Å². The van der Waals surface area contributed by atoms with Crippen LogP contribution in [0.3, 0.4) is 0 Å². The van der Waals surface area contributed by atoms with E-state index in [1.807, 2.05) is 56.4 Å². The molecular weight excluding hydrogens is 344 g/mol. The van der Waals surface area contributed by atoms with Crippen LogP contribution in [0, 0.1) is 13.8 Å². The fourth-order valence-electron chi connectivity index (χ4n) is 2.54. The molecule has 0 unspecified atom stereocenters. The molecule has 2 aromatic carbocycles. The summed E-state index contributed by atoms with van der Waals surface area (Å²) in [5.41, 5.74) is 4.13. The minimum atomic E-state index is -0.0364. The molecule has 0 amide bonds. The van der Waals surface area contributed by atoms with Gasteiger partial charge in [-0.25, -0.2) is 4.99 Å². The zero-order valence-electron chi connectivity index (χ0n) is 16.9. The Morgan fingerprint density at radius 2 is 1.81 bits per heavy atom. The number of halogens is 1. The van der Waals surface area contributed by atoms with Gasteiger partial charge in [0.2, 0.25) is 0 Å². The van der Waals surface area contributed by atoms with Crippen LogP contribution < -0.4 is 4.74 Å². The molecule has 0 radical (unpaired) electrons. The van der Waals surface area contributed by atoms with Crippen LogP contribution in [0.4, 0.5) is 5.69 Å². The maximum Gasteiger partial charge on any atom is 0.130 e. The molecule has 0 spiro atoms. The van der Waals surface area contributed by atoms with Crippen molar-refractivity contribution in [2.45, 2.75) is 47.0 Å². The molecule has 0 N–H and O–H groups in total. The van der Waals surface area contributed by atoms with Crippen molar-refractivity contribution in [2.75, 3.05) is 13.6 Å². The third-order valence-corrected chi connectivity index (χ3v) is 4.69. The summed E-state index contributed by atoms with van der Waals surface area (Å²) in [5, 5.41) is 0.766. The Kier molecular flexibility index (Phi) is 6.35. The monoisotopic (exact) mass is 372 g/mol. The smallest absolute Gasteiger partial charge is 0.130 e. The first-order valence-electron chi connectivity index (χ1n) is 8.95. The zero-order valence-corrected chi connectivity index (χ0v) is 17.6. The molecule has 0 atom stereocenters. The molecule has 0 bridgehead atoms. The highest BCUT2D eigenvalue weighted by Gasteiger charge is 2.18. The van der Waals surface area contributed by atoms with Gasteiger partial charge in [0.15, 0.2) is 0 Å². The lowest BCUT2D eigenvalue weighted by molar-refractivity contribution is 0.474. The van der Waals surface area contributed by atoms with E-state index in [4.69, 9.17) is 16.3 Å². The van der Waals surface area contributed by atoms with Gasteiger partial charge in [0.25, 0.3) is 0 Å². The molecule has 2 aromatic rings. The topological polar surface area (TPSA) is 24.8 Å². The van der Waals surface area contributed by atoms with Crippen molar-refractivity contribution in [3.8, 4) is 11.5 Å². The third kappa shape index (κ3) is 5.01. The van der Waals surface area contributed by atoms with Crippen LogP contribution in [0.5, 0.6) is 11.5 Å². The number of rotatable bonds is 5. The van der Waals surface area contributed by atoms with E-state index in [0.29, 0.717) is 0 Å². The van der Waals surface area contributed by atoms with Gasteiger partial charge in [-0.15, -0.1) is 0 Å². The van der Waals surface area contributed by atoms with Crippen LogP contribution in [0.15, 0.2) is 35.3 Å². The zero-order chi connectivity index (χ0) is 19.5. The first-order chi connectivity index (χ1) is 12.1. The molecule has 140 valence electrons. The number of ether oxygens (including phenoxy) is 1. The van der Waals surface area contributed by atoms with Gasteiger partial charge in [-0.3, -0.25) is 0 Å². The number of hydrogen-bond donors (Lipinski definition) is 0. The van der Waals surface area contributed by atoms with Crippen LogP contribution in [-0.2, 0) is 5.41 Å². The third-order valence-electron chi connectivity index (χ3n) is 4.36. The molecule has 0 fully saturated rings. The van der Waals surface area contributed by atoms with Gasteiger partial charge in [0, 0.05) is 18.6 Å². The molecule has 0 aliphatic carbocycles. The van der Waals surface area contributed by atoms with Crippen molar-refractivity contribution in [1.82, 2.24) is 4.90 Å². The highest BCUT2D eigenvalue weighted by atomic mass is 35.5. The molecule has 0 saturated heterocycles. The van der Waals surface area contributed by atoms with Crippen molar-refractivity contribution in [1.29, 1.82) is 0 Å². The Hall–Kier alpha value is -2.00. The summed E-state index contributed by atoms with van der Waals surface area (Å²) in [7, 11) is 2.01. The van der Waals surface area contributed by atoms with E-state index in [0.717, 1.165) is 45.4 Å². The van der Waals surface area contributed by atoms with Crippen LogP contribution in [0.1, 0.15) is 44.4 Å². The van der Waals surface area contributed by atoms with Gasteiger partial charge in [-0.2, -0.15) is 0 Å². The Bertz CT molecular complexity index is 807. The molecule has 0 aromatic heterocycles.